The lowest BCUT2D eigenvalue weighted by molar-refractivity contribution is -0.118. The summed E-state index contributed by atoms with van der Waals surface area (Å²) in [5, 5.41) is 2.98. The largest absolute Gasteiger partial charge is 0.355 e. The SMILES string of the molecule is NCCCSCC(=O)NCCC1=CCCCC1. The first-order chi connectivity index (χ1) is 8.33. The summed E-state index contributed by atoms with van der Waals surface area (Å²) in [6, 6.07) is 0. The van der Waals surface area contributed by atoms with Crippen LogP contribution in [-0.4, -0.2) is 30.5 Å². The quantitative estimate of drug-likeness (QED) is 0.516. The Morgan fingerprint density at radius 2 is 2.35 bits per heavy atom. The van der Waals surface area contributed by atoms with Gasteiger partial charge in [0.2, 0.25) is 5.91 Å². The predicted octanol–water partition coefficient (Wildman–Crippen LogP) is 2.08. The van der Waals surface area contributed by atoms with Gasteiger partial charge in [-0.25, -0.2) is 0 Å². The topological polar surface area (TPSA) is 55.1 Å². The molecule has 1 aliphatic rings. The van der Waals surface area contributed by atoms with Gasteiger partial charge in [0.05, 0.1) is 5.75 Å². The lowest BCUT2D eigenvalue weighted by Crippen LogP contribution is -2.26. The second kappa shape index (κ2) is 9.54. The summed E-state index contributed by atoms with van der Waals surface area (Å²) in [5.41, 5.74) is 6.91. The number of hydrogen-bond acceptors (Lipinski definition) is 3. The maximum absolute atomic E-state index is 11.5. The van der Waals surface area contributed by atoms with Gasteiger partial charge in [-0.05, 0) is 50.8 Å². The maximum atomic E-state index is 11.5. The van der Waals surface area contributed by atoms with E-state index in [0.717, 1.165) is 25.1 Å². The molecule has 1 rings (SSSR count). The number of rotatable bonds is 8. The Bertz CT molecular complexity index is 254. The molecule has 0 atom stereocenters. The summed E-state index contributed by atoms with van der Waals surface area (Å²) in [6.07, 6.45) is 9.44. The number of hydrogen-bond donors (Lipinski definition) is 2. The first-order valence-electron chi connectivity index (χ1n) is 6.55. The van der Waals surface area contributed by atoms with Crippen molar-refractivity contribution in [3.8, 4) is 0 Å². The van der Waals surface area contributed by atoms with Crippen LogP contribution in [0.15, 0.2) is 11.6 Å². The molecule has 0 aromatic rings. The zero-order valence-corrected chi connectivity index (χ0v) is 11.4. The van der Waals surface area contributed by atoms with E-state index in [2.05, 4.69) is 11.4 Å². The van der Waals surface area contributed by atoms with E-state index in [1.807, 2.05) is 0 Å². The van der Waals surface area contributed by atoms with Crippen molar-refractivity contribution in [3.05, 3.63) is 11.6 Å². The van der Waals surface area contributed by atoms with Gasteiger partial charge in [0.15, 0.2) is 0 Å². The zero-order valence-electron chi connectivity index (χ0n) is 10.5. The summed E-state index contributed by atoms with van der Waals surface area (Å²) in [4.78, 5) is 11.5. The lowest BCUT2D eigenvalue weighted by Gasteiger charge is -2.12. The Kier molecular flexibility index (Phi) is 8.18. The minimum absolute atomic E-state index is 0.156. The fourth-order valence-corrected chi connectivity index (χ4v) is 2.70. The summed E-state index contributed by atoms with van der Waals surface area (Å²) < 4.78 is 0. The van der Waals surface area contributed by atoms with E-state index in [9.17, 15) is 4.79 Å². The monoisotopic (exact) mass is 256 g/mol. The molecule has 0 bridgehead atoms. The van der Waals surface area contributed by atoms with Gasteiger partial charge in [0.1, 0.15) is 0 Å². The molecule has 0 saturated carbocycles. The van der Waals surface area contributed by atoms with Crippen molar-refractivity contribution in [3.63, 3.8) is 0 Å². The van der Waals surface area contributed by atoms with Crippen molar-refractivity contribution < 1.29 is 4.79 Å². The third-order valence-electron chi connectivity index (χ3n) is 2.88. The molecule has 0 aromatic carbocycles. The number of thioether (sulfide) groups is 1. The van der Waals surface area contributed by atoms with Gasteiger partial charge >= 0.3 is 0 Å². The Labute approximate surface area is 109 Å². The minimum Gasteiger partial charge on any atom is -0.355 e. The first kappa shape index (κ1) is 14.6. The van der Waals surface area contributed by atoms with Crippen LogP contribution in [0.5, 0.6) is 0 Å². The molecule has 0 heterocycles. The second-order valence-electron chi connectivity index (χ2n) is 4.40. The molecule has 3 N–H and O–H groups in total. The average Bonchev–Trinajstić information content (AvgIpc) is 2.36. The fourth-order valence-electron chi connectivity index (χ4n) is 1.90. The third-order valence-corrected chi connectivity index (χ3v) is 3.92. The average molecular weight is 256 g/mol. The van der Waals surface area contributed by atoms with Crippen LogP contribution in [0.2, 0.25) is 0 Å². The van der Waals surface area contributed by atoms with Gasteiger partial charge in [-0.15, -0.1) is 0 Å². The number of amides is 1. The van der Waals surface area contributed by atoms with Crippen LogP contribution in [0.1, 0.15) is 38.5 Å². The molecule has 0 unspecified atom stereocenters. The highest BCUT2D eigenvalue weighted by atomic mass is 32.2. The van der Waals surface area contributed by atoms with Gasteiger partial charge in [-0.1, -0.05) is 11.6 Å². The van der Waals surface area contributed by atoms with Crippen LogP contribution >= 0.6 is 11.8 Å². The summed E-state index contributed by atoms with van der Waals surface area (Å²) in [6.45, 7) is 1.50. The number of carbonyl (C=O) groups is 1. The normalized spacial score (nSPS) is 15.5. The molecule has 0 aliphatic heterocycles. The Morgan fingerprint density at radius 3 is 3.06 bits per heavy atom. The molecular formula is C13H24N2OS. The van der Waals surface area contributed by atoms with E-state index in [-0.39, 0.29) is 5.91 Å². The third kappa shape index (κ3) is 7.45. The van der Waals surface area contributed by atoms with Crippen molar-refractivity contribution >= 4 is 17.7 Å². The molecule has 0 saturated heterocycles. The fraction of sp³-hybridized carbons (Fsp3) is 0.769. The van der Waals surface area contributed by atoms with E-state index < -0.39 is 0 Å². The van der Waals surface area contributed by atoms with Gasteiger partial charge in [0.25, 0.3) is 0 Å². The molecule has 98 valence electrons. The second-order valence-corrected chi connectivity index (χ2v) is 5.51. The van der Waals surface area contributed by atoms with Crippen molar-refractivity contribution in [2.75, 3.05) is 24.6 Å². The van der Waals surface area contributed by atoms with E-state index in [0.29, 0.717) is 12.3 Å². The van der Waals surface area contributed by atoms with Crippen LogP contribution in [0.25, 0.3) is 0 Å². The van der Waals surface area contributed by atoms with E-state index in [1.54, 1.807) is 11.8 Å². The van der Waals surface area contributed by atoms with Crippen LogP contribution in [-0.2, 0) is 4.79 Å². The van der Waals surface area contributed by atoms with Crippen LogP contribution in [0, 0.1) is 0 Å². The molecule has 3 nitrogen and oxygen atoms in total. The number of nitrogens with two attached hydrogens (primary N) is 1. The predicted molar refractivity (Wildman–Crippen MR) is 75.2 cm³/mol. The van der Waals surface area contributed by atoms with Crippen LogP contribution in [0.3, 0.4) is 0 Å². The van der Waals surface area contributed by atoms with Crippen molar-refractivity contribution in [1.29, 1.82) is 0 Å². The zero-order chi connectivity index (χ0) is 12.3. The molecule has 1 aliphatic carbocycles. The van der Waals surface area contributed by atoms with E-state index >= 15 is 0 Å². The highest BCUT2D eigenvalue weighted by Gasteiger charge is 2.05. The van der Waals surface area contributed by atoms with Gasteiger partial charge in [-0.2, -0.15) is 11.8 Å². The summed E-state index contributed by atoms with van der Waals surface area (Å²) in [5.74, 6) is 1.71. The lowest BCUT2D eigenvalue weighted by atomic mass is 9.97. The summed E-state index contributed by atoms with van der Waals surface area (Å²) in [7, 11) is 0. The first-order valence-corrected chi connectivity index (χ1v) is 7.71. The molecular weight excluding hydrogens is 232 g/mol. The van der Waals surface area contributed by atoms with Crippen molar-refractivity contribution in [2.24, 2.45) is 5.73 Å². The maximum Gasteiger partial charge on any atom is 0.230 e. The Hall–Kier alpha value is -0.480. The van der Waals surface area contributed by atoms with E-state index in [1.165, 1.54) is 31.3 Å². The molecule has 0 radical (unpaired) electrons. The van der Waals surface area contributed by atoms with Crippen LogP contribution < -0.4 is 11.1 Å². The molecule has 0 spiro atoms. The Balaban J connectivity index is 1.98. The summed E-state index contributed by atoms with van der Waals surface area (Å²) >= 11 is 1.67. The highest BCUT2D eigenvalue weighted by Crippen LogP contribution is 2.19. The van der Waals surface area contributed by atoms with Crippen molar-refractivity contribution in [1.82, 2.24) is 5.32 Å². The van der Waals surface area contributed by atoms with Gasteiger partial charge in [0, 0.05) is 6.54 Å². The molecule has 4 heteroatoms. The molecule has 17 heavy (non-hydrogen) atoms. The van der Waals surface area contributed by atoms with Gasteiger partial charge in [-0.3, -0.25) is 4.79 Å². The van der Waals surface area contributed by atoms with E-state index in [4.69, 9.17) is 5.73 Å². The molecule has 0 fully saturated rings. The highest BCUT2D eigenvalue weighted by molar-refractivity contribution is 7.99. The van der Waals surface area contributed by atoms with Crippen LogP contribution in [0.4, 0.5) is 0 Å². The van der Waals surface area contributed by atoms with Crippen molar-refractivity contribution in [2.45, 2.75) is 38.5 Å². The standard InChI is InChI=1S/C13H24N2OS/c14-8-4-10-17-11-13(16)15-9-7-12-5-2-1-3-6-12/h5H,1-4,6-11,14H2,(H,15,16). The molecule has 0 aromatic heterocycles. The molecule has 1 amide bonds. The number of carbonyl (C=O) groups excluding carboxylic acids is 1. The minimum atomic E-state index is 0.156. The van der Waals surface area contributed by atoms with Gasteiger partial charge < -0.3 is 11.1 Å². The smallest absolute Gasteiger partial charge is 0.230 e. The number of allylic oxidation sites excluding steroid dienone is 1. The Morgan fingerprint density at radius 1 is 1.47 bits per heavy atom. The number of nitrogens with one attached hydrogen (secondary N) is 1.